The van der Waals surface area contributed by atoms with E-state index in [-0.39, 0.29) is 6.04 Å². The molecule has 2 atom stereocenters. The van der Waals surface area contributed by atoms with E-state index in [0.29, 0.717) is 11.1 Å². The van der Waals surface area contributed by atoms with Crippen molar-refractivity contribution in [3.63, 3.8) is 0 Å². The first-order valence-electron chi connectivity index (χ1n) is 6.37. The van der Waals surface area contributed by atoms with Crippen LogP contribution < -0.4 is 5.32 Å². The molecule has 4 heteroatoms. The number of rotatable bonds is 5. The van der Waals surface area contributed by atoms with Gasteiger partial charge in [-0.25, -0.2) is 0 Å². The van der Waals surface area contributed by atoms with Gasteiger partial charge in [-0.15, -0.1) is 0 Å². The highest BCUT2D eigenvalue weighted by atomic mass is 35.5. The normalized spacial score (nSPS) is 22.6. The third kappa shape index (κ3) is 3.24. The average molecular weight is 258 g/mol. The van der Waals surface area contributed by atoms with Crippen LogP contribution in [0.25, 0.3) is 0 Å². The van der Waals surface area contributed by atoms with E-state index in [4.69, 9.17) is 20.8 Å². The molecule has 1 aromatic rings. The van der Waals surface area contributed by atoms with Gasteiger partial charge in [0.2, 0.25) is 0 Å². The fourth-order valence-electron chi connectivity index (χ4n) is 2.39. The molecule has 1 saturated heterocycles. The van der Waals surface area contributed by atoms with Gasteiger partial charge in [0, 0.05) is 24.1 Å². The number of nitrogens with one attached hydrogen (secondary N) is 1. The molecule has 0 bridgehead atoms. The summed E-state index contributed by atoms with van der Waals surface area (Å²) in [5.41, 5.74) is 1.07. The highest BCUT2D eigenvalue weighted by Gasteiger charge is 2.27. The maximum absolute atomic E-state index is 6.09. The Morgan fingerprint density at radius 3 is 3.06 bits per heavy atom. The van der Waals surface area contributed by atoms with Crippen molar-refractivity contribution >= 4 is 11.6 Å². The van der Waals surface area contributed by atoms with E-state index in [2.05, 4.69) is 12.2 Å². The zero-order chi connectivity index (χ0) is 12.1. The van der Waals surface area contributed by atoms with Crippen molar-refractivity contribution in [2.75, 3.05) is 19.8 Å². The van der Waals surface area contributed by atoms with Gasteiger partial charge in [0.15, 0.2) is 5.22 Å². The number of ether oxygens (including phenoxy) is 1. The Bertz CT molecular complexity index is 334. The molecule has 2 unspecified atom stereocenters. The van der Waals surface area contributed by atoms with Crippen molar-refractivity contribution in [2.45, 2.75) is 32.2 Å². The van der Waals surface area contributed by atoms with Crippen LogP contribution in [0.2, 0.25) is 5.22 Å². The Morgan fingerprint density at radius 2 is 2.47 bits per heavy atom. The molecule has 3 nitrogen and oxygen atoms in total. The van der Waals surface area contributed by atoms with Gasteiger partial charge in [-0.3, -0.25) is 0 Å². The van der Waals surface area contributed by atoms with Crippen molar-refractivity contribution in [1.82, 2.24) is 5.32 Å². The maximum Gasteiger partial charge on any atom is 0.197 e. The predicted octanol–water partition coefficient (Wildman–Crippen LogP) is 3.40. The molecule has 1 N–H and O–H groups in total. The second-order valence-electron chi connectivity index (χ2n) is 4.56. The number of hydrogen-bond donors (Lipinski definition) is 1. The van der Waals surface area contributed by atoms with Crippen molar-refractivity contribution in [2.24, 2.45) is 5.92 Å². The molecule has 0 spiro atoms. The molecule has 96 valence electrons. The fourth-order valence-corrected chi connectivity index (χ4v) is 2.62. The lowest BCUT2D eigenvalue weighted by Gasteiger charge is -2.30. The fraction of sp³-hybridized carbons (Fsp3) is 0.692. The van der Waals surface area contributed by atoms with E-state index in [0.717, 1.165) is 38.2 Å². The van der Waals surface area contributed by atoms with Crippen LogP contribution in [0, 0.1) is 5.92 Å². The molecule has 1 aliphatic rings. The Labute approximate surface area is 107 Å². The summed E-state index contributed by atoms with van der Waals surface area (Å²) in [6.07, 6.45) is 5.08. The topological polar surface area (TPSA) is 34.4 Å². The monoisotopic (exact) mass is 257 g/mol. The summed E-state index contributed by atoms with van der Waals surface area (Å²) in [5.74, 6) is 0.491. The average Bonchev–Trinajstić information content (AvgIpc) is 2.78. The summed E-state index contributed by atoms with van der Waals surface area (Å²) in [5, 5.41) is 4.06. The van der Waals surface area contributed by atoms with Crippen LogP contribution in [0.5, 0.6) is 0 Å². The van der Waals surface area contributed by atoms with Crippen LogP contribution in [0.15, 0.2) is 16.7 Å². The first-order valence-corrected chi connectivity index (χ1v) is 6.74. The summed E-state index contributed by atoms with van der Waals surface area (Å²) in [6.45, 7) is 4.85. The zero-order valence-corrected chi connectivity index (χ0v) is 11.0. The Hall–Kier alpha value is -0.510. The van der Waals surface area contributed by atoms with Gasteiger partial charge < -0.3 is 14.5 Å². The standard InChI is InChI=1S/C13H20ClNO2/c1-2-6-15-12(10-4-3-7-16-9-10)11-5-8-17-13(11)14/h5,8,10,12,15H,2-4,6-7,9H2,1H3. The minimum absolute atomic E-state index is 0.251. The lowest BCUT2D eigenvalue weighted by molar-refractivity contribution is 0.0390. The van der Waals surface area contributed by atoms with Crippen LogP contribution in [0.4, 0.5) is 0 Å². The van der Waals surface area contributed by atoms with E-state index in [1.807, 2.05) is 6.07 Å². The van der Waals surface area contributed by atoms with Gasteiger partial charge in [0.05, 0.1) is 12.9 Å². The molecule has 2 heterocycles. The van der Waals surface area contributed by atoms with Crippen LogP contribution in [-0.4, -0.2) is 19.8 Å². The van der Waals surface area contributed by atoms with Crippen LogP contribution in [-0.2, 0) is 4.74 Å². The number of furan rings is 1. The molecule has 2 rings (SSSR count). The summed E-state index contributed by atoms with van der Waals surface area (Å²) in [7, 11) is 0. The van der Waals surface area contributed by atoms with E-state index in [9.17, 15) is 0 Å². The number of halogens is 1. The van der Waals surface area contributed by atoms with Gasteiger partial charge >= 0.3 is 0 Å². The molecule has 17 heavy (non-hydrogen) atoms. The molecule has 1 aromatic heterocycles. The first-order chi connectivity index (χ1) is 8.33. The third-order valence-electron chi connectivity index (χ3n) is 3.26. The Morgan fingerprint density at radius 1 is 1.59 bits per heavy atom. The number of hydrogen-bond acceptors (Lipinski definition) is 3. The lowest BCUT2D eigenvalue weighted by atomic mass is 9.90. The SMILES string of the molecule is CCCNC(c1ccoc1Cl)C1CCCOC1. The smallest absolute Gasteiger partial charge is 0.197 e. The molecule has 0 aromatic carbocycles. The molecule has 0 aliphatic carbocycles. The summed E-state index contributed by atoms with van der Waals surface area (Å²) >= 11 is 6.09. The molecule has 0 amide bonds. The predicted molar refractivity (Wildman–Crippen MR) is 68.3 cm³/mol. The van der Waals surface area contributed by atoms with Crippen LogP contribution in [0.1, 0.15) is 37.8 Å². The molecule has 1 aliphatic heterocycles. The second-order valence-corrected chi connectivity index (χ2v) is 4.90. The zero-order valence-electron chi connectivity index (χ0n) is 10.2. The molecule has 0 radical (unpaired) electrons. The Balaban J connectivity index is 2.09. The first kappa shape index (κ1) is 12.9. The van der Waals surface area contributed by atoms with E-state index in [1.54, 1.807) is 6.26 Å². The second kappa shape index (κ2) is 6.43. The summed E-state index contributed by atoms with van der Waals surface area (Å²) in [6, 6.07) is 2.21. The van der Waals surface area contributed by atoms with Crippen LogP contribution in [0.3, 0.4) is 0 Å². The van der Waals surface area contributed by atoms with Gasteiger partial charge in [0.25, 0.3) is 0 Å². The van der Waals surface area contributed by atoms with E-state index >= 15 is 0 Å². The van der Waals surface area contributed by atoms with Crippen molar-refractivity contribution in [3.05, 3.63) is 23.1 Å². The largest absolute Gasteiger partial charge is 0.453 e. The molecule has 1 fully saturated rings. The minimum Gasteiger partial charge on any atom is -0.453 e. The highest BCUT2D eigenvalue weighted by molar-refractivity contribution is 6.29. The molecular formula is C13H20ClNO2. The minimum atomic E-state index is 0.251. The van der Waals surface area contributed by atoms with E-state index < -0.39 is 0 Å². The van der Waals surface area contributed by atoms with Gasteiger partial charge in [-0.1, -0.05) is 6.92 Å². The van der Waals surface area contributed by atoms with E-state index in [1.165, 1.54) is 6.42 Å². The van der Waals surface area contributed by atoms with Gasteiger partial charge in [-0.05, 0) is 43.5 Å². The quantitative estimate of drug-likeness (QED) is 0.878. The third-order valence-corrected chi connectivity index (χ3v) is 3.57. The Kier molecular flexibility index (Phi) is 4.89. The maximum atomic E-state index is 6.09. The van der Waals surface area contributed by atoms with Gasteiger partial charge in [-0.2, -0.15) is 0 Å². The van der Waals surface area contributed by atoms with Crippen molar-refractivity contribution < 1.29 is 9.15 Å². The highest BCUT2D eigenvalue weighted by Crippen LogP contribution is 2.33. The van der Waals surface area contributed by atoms with Gasteiger partial charge in [0.1, 0.15) is 0 Å². The van der Waals surface area contributed by atoms with Crippen LogP contribution >= 0.6 is 11.6 Å². The molecular weight excluding hydrogens is 238 g/mol. The lowest BCUT2D eigenvalue weighted by Crippen LogP contribution is -2.33. The summed E-state index contributed by atoms with van der Waals surface area (Å²) < 4.78 is 10.8. The van der Waals surface area contributed by atoms with Crippen molar-refractivity contribution in [1.29, 1.82) is 0 Å². The summed E-state index contributed by atoms with van der Waals surface area (Å²) in [4.78, 5) is 0. The molecule has 0 saturated carbocycles. The van der Waals surface area contributed by atoms with Crippen molar-refractivity contribution in [3.8, 4) is 0 Å².